The van der Waals surface area contributed by atoms with Gasteiger partial charge < -0.3 is 4.74 Å². The number of hydrogen-bond donors (Lipinski definition) is 1. The summed E-state index contributed by atoms with van der Waals surface area (Å²) in [7, 11) is -2.60. The van der Waals surface area contributed by atoms with E-state index < -0.39 is 14.9 Å². The maximum absolute atomic E-state index is 12.5. The van der Waals surface area contributed by atoms with E-state index in [-0.39, 0.29) is 28.8 Å². The van der Waals surface area contributed by atoms with Crippen molar-refractivity contribution in [1.29, 1.82) is 0 Å². The Bertz CT molecular complexity index is 837. The van der Waals surface area contributed by atoms with Gasteiger partial charge in [-0.1, -0.05) is 37.3 Å². The molecule has 8 heteroatoms. The van der Waals surface area contributed by atoms with Crippen LogP contribution < -0.4 is 9.46 Å². The Labute approximate surface area is 146 Å². The molecular weight excluding hydrogens is 344 g/mol. The molecule has 0 saturated heterocycles. The van der Waals surface area contributed by atoms with Crippen LogP contribution in [-0.2, 0) is 10.0 Å². The second-order valence-corrected chi connectivity index (χ2v) is 7.33. The molecule has 0 aliphatic carbocycles. The van der Waals surface area contributed by atoms with Crippen molar-refractivity contribution in [2.24, 2.45) is 0 Å². The number of benzene rings is 2. The Morgan fingerprint density at radius 2 is 1.88 bits per heavy atom. The highest BCUT2D eigenvalue weighted by Gasteiger charge is 2.23. The fourth-order valence-corrected chi connectivity index (χ4v) is 3.66. The molecule has 0 aliphatic rings. The van der Waals surface area contributed by atoms with Gasteiger partial charge >= 0.3 is 0 Å². The molecular formula is C17H20N2O5S. The van der Waals surface area contributed by atoms with E-state index in [4.69, 9.17) is 4.74 Å². The fourth-order valence-electron chi connectivity index (χ4n) is 2.42. The molecule has 0 radical (unpaired) electrons. The molecule has 2 rings (SSSR count). The second-order valence-electron chi connectivity index (χ2n) is 5.59. The summed E-state index contributed by atoms with van der Waals surface area (Å²) in [6, 6.07) is 13.3. The van der Waals surface area contributed by atoms with Crippen molar-refractivity contribution >= 4 is 15.7 Å². The van der Waals surface area contributed by atoms with Gasteiger partial charge in [0.1, 0.15) is 10.6 Å². The number of nitrogens with zero attached hydrogens (tertiary/aromatic N) is 1. The zero-order valence-corrected chi connectivity index (χ0v) is 14.8. The molecule has 0 saturated carbocycles. The highest BCUT2D eigenvalue weighted by atomic mass is 32.2. The minimum Gasteiger partial charge on any atom is -0.495 e. The van der Waals surface area contributed by atoms with Gasteiger partial charge in [0.25, 0.3) is 5.69 Å². The van der Waals surface area contributed by atoms with Gasteiger partial charge in [0, 0.05) is 18.7 Å². The number of ether oxygens (including phenoxy) is 1. The molecule has 25 heavy (non-hydrogen) atoms. The molecule has 0 aromatic heterocycles. The van der Waals surface area contributed by atoms with Crippen LogP contribution in [-0.4, -0.2) is 27.0 Å². The normalized spacial score (nSPS) is 12.6. The number of nitrogens with one attached hydrogen (secondary N) is 1. The van der Waals surface area contributed by atoms with Crippen molar-refractivity contribution < 1.29 is 18.1 Å². The molecule has 1 unspecified atom stereocenters. The highest BCUT2D eigenvalue weighted by Crippen LogP contribution is 2.28. The Morgan fingerprint density at radius 3 is 2.48 bits per heavy atom. The van der Waals surface area contributed by atoms with Crippen LogP contribution >= 0.6 is 0 Å². The van der Waals surface area contributed by atoms with Gasteiger partial charge in [-0.15, -0.1) is 0 Å². The van der Waals surface area contributed by atoms with Crippen LogP contribution in [0.4, 0.5) is 5.69 Å². The van der Waals surface area contributed by atoms with E-state index in [1.54, 1.807) is 0 Å². The third kappa shape index (κ3) is 4.77. The molecule has 0 amide bonds. The van der Waals surface area contributed by atoms with Crippen LogP contribution in [0.3, 0.4) is 0 Å². The van der Waals surface area contributed by atoms with Crippen LogP contribution in [0.25, 0.3) is 0 Å². The van der Waals surface area contributed by atoms with Crippen molar-refractivity contribution in [3.05, 3.63) is 64.2 Å². The first kappa shape index (κ1) is 18.9. The zero-order valence-electron chi connectivity index (χ0n) is 14.0. The quantitative estimate of drug-likeness (QED) is 0.573. The summed E-state index contributed by atoms with van der Waals surface area (Å²) in [5, 5.41) is 10.9. The summed E-state index contributed by atoms with van der Waals surface area (Å²) in [6.45, 7) is 2.22. The Morgan fingerprint density at radius 1 is 1.20 bits per heavy atom. The van der Waals surface area contributed by atoms with Crippen molar-refractivity contribution in [2.45, 2.75) is 24.2 Å². The first-order valence-electron chi connectivity index (χ1n) is 7.72. The topological polar surface area (TPSA) is 98.5 Å². The van der Waals surface area contributed by atoms with E-state index >= 15 is 0 Å². The van der Waals surface area contributed by atoms with Crippen molar-refractivity contribution in [3.8, 4) is 5.75 Å². The molecule has 2 aromatic rings. The van der Waals surface area contributed by atoms with E-state index in [0.717, 1.165) is 11.6 Å². The predicted octanol–water partition coefficient (Wildman–Crippen LogP) is 3.08. The first-order valence-corrected chi connectivity index (χ1v) is 9.20. The monoisotopic (exact) mass is 364 g/mol. The van der Waals surface area contributed by atoms with Gasteiger partial charge in [0.05, 0.1) is 12.0 Å². The number of nitro groups is 1. The lowest BCUT2D eigenvalue weighted by Crippen LogP contribution is -2.26. The molecule has 0 heterocycles. The molecule has 134 valence electrons. The van der Waals surface area contributed by atoms with Crippen LogP contribution in [0.15, 0.2) is 53.4 Å². The lowest BCUT2D eigenvalue weighted by atomic mass is 9.98. The van der Waals surface area contributed by atoms with Gasteiger partial charge in [0.15, 0.2) is 0 Å². The average Bonchev–Trinajstić information content (AvgIpc) is 2.61. The van der Waals surface area contributed by atoms with Crippen molar-refractivity contribution in [2.75, 3.05) is 13.7 Å². The molecule has 7 nitrogen and oxygen atoms in total. The van der Waals surface area contributed by atoms with Crippen LogP contribution in [0.2, 0.25) is 0 Å². The van der Waals surface area contributed by atoms with E-state index in [1.807, 2.05) is 37.3 Å². The number of hydrogen-bond acceptors (Lipinski definition) is 5. The molecule has 0 bridgehead atoms. The van der Waals surface area contributed by atoms with Crippen LogP contribution in [0.1, 0.15) is 24.8 Å². The molecule has 0 aliphatic heterocycles. The summed E-state index contributed by atoms with van der Waals surface area (Å²) >= 11 is 0. The average molecular weight is 364 g/mol. The zero-order chi connectivity index (χ0) is 18.4. The van der Waals surface area contributed by atoms with Gasteiger partial charge in [-0.3, -0.25) is 10.1 Å². The van der Waals surface area contributed by atoms with Crippen molar-refractivity contribution in [1.82, 2.24) is 4.72 Å². The van der Waals surface area contributed by atoms with Crippen molar-refractivity contribution in [3.63, 3.8) is 0 Å². The summed E-state index contributed by atoms with van der Waals surface area (Å²) in [5.41, 5.74) is 0.813. The largest absolute Gasteiger partial charge is 0.495 e. The maximum Gasteiger partial charge on any atom is 0.271 e. The molecule has 1 atom stereocenters. The number of methoxy groups -OCH3 is 1. The molecule has 0 spiro atoms. The lowest BCUT2D eigenvalue weighted by molar-refractivity contribution is -0.385. The van der Waals surface area contributed by atoms with E-state index in [9.17, 15) is 18.5 Å². The summed E-state index contributed by atoms with van der Waals surface area (Å²) in [5.74, 6) is 0.241. The molecule has 2 aromatic carbocycles. The van der Waals surface area contributed by atoms with E-state index in [2.05, 4.69) is 4.72 Å². The highest BCUT2D eigenvalue weighted by molar-refractivity contribution is 7.89. The minimum absolute atomic E-state index is 0.0641. The third-order valence-electron chi connectivity index (χ3n) is 3.89. The fraction of sp³-hybridized carbons (Fsp3) is 0.294. The lowest BCUT2D eigenvalue weighted by Gasteiger charge is -2.14. The van der Waals surface area contributed by atoms with Gasteiger partial charge in [0.2, 0.25) is 10.0 Å². The van der Waals surface area contributed by atoms with Crippen LogP contribution in [0, 0.1) is 10.1 Å². The Hall–Kier alpha value is -2.45. The number of non-ortho nitro benzene ring substituents is 1. The molecule has 1 N–H and O–H groups in total. The SMILES string of the molecule is COc1ccc([N+](=O)[O-])cc1S(=O)(=O)NCCC(C)c1ccccc1. The Kier molecular flexibility index (Phi) is 6.11. The predicted molar refractivity (Wildman–Crippen MR) is 94.3 cm³/mol. The smallest absolute Gasteiger partial charge is 0.271 e. The minimum atomic E-state index is -3.92. The second kappa shape index (κ2) is 8.09. The standard InChI is InChI=1S/C17H20N2O5S/c1-13(14-6-4-3-5-7-14)10-11-18-25(22,23)17-12-15(19(20)21)8-9-16(17)24-2/h3-9,12-13,18H,10-11H2,1-2H3. The van der Waals surface area contributed by atoms with Gasteiger partial charge in [-0.2, -0.15) is 0 Å². The van der Waals surface area contributed by atoms with E-state index in [0.29, 0.717) is 6.42 Å². The third-order valence-corrected chi connectivity index (χ3v) is 5.37. The molecule has 0 fully saturated rings. The van der Waals surface area contributed by atoms with Gasteiger partial charge in [-0.05, 0) is 24.0 Å². The summed E-state index contributed by atoms with van der Waals surface area (Å²) in [6.07, 6.45) is 0.598. The first-order chi connectivity index (χ1) is 11.8. The summed E-state index contributed by atoms with van der Waals surface area (Å²) < 4.78 is 32.5. The summed E-state index contributed by atoms with van der Waals surface area (Å²) in [4.78, 5) is 10.0. The van der Waals surface area contributed by atoms with E-state index in [1.165, 1.54) is 19.2 Å². The number of sulfonamides is 1. The Balaban J connectivity index is 2.11. The number of nitro benzene ring substituents is 1. The van der Waals surface area contributed by atoms with Gasteiger partial charge in [-0.25, -0.2) is 13.1 Å². The van der Waals surface area contributed by atoms with Crippen LogP contribution in [0.5, 0.6) is 5.75 Å². The number of rotatable bonds is 8. The maximum atomic E-state index is 12.5.